The topological polar surface area (TPSA) is 84.0 Å². The van der Waals surface area contributed by atoms with Crippen molar-refractivity contribution in [1.29, 1.82) is 0 Å². The Bertz CT molecular complexity index is 940. The molecule has 3 rings (SSSR count). The van der Waals surface area contributed by atoms with Crippen molar-refractivity contribution in [3.8, 4) is 0 Å². The fraction of sp³-hybridized carbons (Fsp3) is 0.143. The predicted octanol–water partition coefficient (Wildman–Crippen LogP) is 3.53. The summed E-state index contributed by atoms with van der Waals surface area (Å²) >= 11 is 0. The van der Waals surface area contributed by atoms with E-state index in [0.29, 0.717) is 5.56 Å². The molecule has 0 aliphatic heterocycles. The van der Waals surface area contributed by atoms with Crippen LogP contribution in [0.5, 0.6) is 0 Å². The molecule has 6 heteroatoms. The second kappa shape index (κ2) is 8.23. The molecule has 0 aliphatic rings. The molecule has 2 N–H and O–H groups in total. The smallest absolute Gasteiger partial charge is 0.274 e. The standard InChI is InChI=1S/C21H20N4O2/c1-14-8-10-17(11-9-14)20(26)25-19-18(22-12-13-23-19)21(27)24-15(2)16-6-4-3-5-7-16/h3-13,15H,1-2H3,(H,24,27)(H,23,25,26)/t15-/m0/s1. The number of hydrogen-bond acceptors (Lipinski definition) is 4. The van der Waals surface area contributed by atoms with Gasteiger partial charge in [0.1, 0.15) is 0 Å². The second-order valence-electron chi connectivity index (χ2n) is 6.18. The molecule has 1 atom stereocenters. The van der Waals surface area contributed by atoms with Gasteiger partial charge in [0.2, 0.25) is 0 Å². The highest BCUT2D eigenvalue weighted by atomic mass is 16.2. The van der Waals surface area contributed by atoms with E-state index < -0.39 is 5.91 Å². The van der Waals surface area contributed by atoms with Crippen LogP contribution < -0.4 is 10.6 Å². The van der Waals surface area contributed by atoms with Gasteiger partial charge in [-0.25, -0.2) is 9.97 Å². The lowest BCUT2D eigenvalue weighted by atomic mass is 10.1. The molecule has 0 saturated carbocycles. The normalized spacial score (nSPS) is 11.5. The van der Waals surface area contributed by atoms with E-state index in [2.05, 4.69) is 20.6 Å². The molecule has 1 aromatic heterocycles. The summed E-state index contributed by atoms with van der Waals surface area (Å²) in [5.41, 5.74) is 2.58. The molecule has 0 saturated heterocycles. The fourth-order valence-electron chi connectivity index (χ4n) is 2.57. The molecule has 136 valence electrons. The van der Waals surface area contributed by atoms with Crippen molar-refractivity contribution in [2.45, 2.75) is 19.9 Å². The van der Waals surface area contributed by atoms with Crippen molar-refractivity contribution in [2.75, 3.05) is 5.32 Å². The quantitative estimate of drug-likeness (QED) is 0.729. The molecule has 27 heavy (non-hydrogen) atoms. The summed E-state index contributed by atoms with van der Waals surface area (Å²) in [5.74, 6) is -0.625. The first-order chi connectivity index (χ1) is 13.0. The average molecular weight is 360 g/mol. The SMILES string of the molecule is Cc1ccc(C(=O)Nc2nccnc2C(=O)N[C@@H](C)c2ccccc2)cc1. The number of anilines is 1. The zero-order valence-electron chi connectivity index (χ0n) is 15.1. The van der Waals surface area contributed by atoms with Crippen LogP contribution in [0, 0.1) is 6.92 Å². The highest BCUT2D eigenvalue weighted by Crippen LogP contribution is 2.15. The molecular weight excluding hydrogens is 340 g/mol. The molecule has 1 heterocycles. The van der Waals surface area contributed by atoms with Crippen molar-refractivity contribution in [1.82, 2.24) is 15.3 Å². The molecule has 2 aromatic carbocycles. The highest BCUT2D eigenvalue weighted by molar-refractivity contribution is 6.07. The van der Waals surface area contributed by atoms with E-state index in [4.69, 9.17) is 0 Å². The fourth-order valence-corrected chi connectivity index (χ4v) is 2.57. The van der Waals surface area contributed by atoms with E-state index in [-0.39, 0.29) is 23.5 Å². The van der Waals surface area contributed by atoms with Crippen molar-refractivity contribution >= 4 is 17.6 Å². The van der Waals surface area contributed by atoms with Crippen LogP contribution in [-0.2, 0) is 0 Å². The molecular formula is C21H20N4O2. The van der Waals surface area contributed by atoms with Crippen LogP contribution in [0.3, 0.4) is 0 Å². The van der Waals surface area contributed by atoms with E-state index in [0.717, 1.165) is 11.1 Å². The maximum atomic E-state index is 12.6. The minimum atomic E-state index is -0.404. The summed E-state index contributed by atoms with van der Waals surface area (Å²) in [6, 6.07) is 16.5. The Labute approximate surface area is 157 Å². The lowest BCUT2D eigenvalue weighted by molar-refractivity contribution is 0.0935. The number of carbonyl (C=O) groups is 2. The van der Waals surface area contributed by atoms with Crippen molar-refractivity contribution in [3.05, 3.63) is 89.4 Å². The molecule has 0 bridgehead atoms. The van der Waals surface area contributed by atoms with Crippen LogP contribution in [0.25, 0.3) is 0 Å². The first kappa shape index (κ1) is 18.3. The third-order valence-electron chi connectivity index (χ3n) is 4.11. The van der Waals surface area contributed by atoms with Crippen LogP contribution in [0.2, 0.25) is 0 Å². The summed E-state index contributed by atoms with van der Waals surface area (Å²) in [6.45, 7) is 3.83. The number of nitrogens with zero attached hydrogens (tertiary/aromatic N) is 2. The third-order valence-corrected chi connectivity index (χ3v) is 4.11. The number of hydrogen-bond donors (Lipinski definition) is 2. The maximum Gasteiger partial charge on any atom is 0.274 e. The largest absolute Gasteiger partial charge is 0.344 e. The van der Waals surface area contributed by atoms with E-state index in [9.17, 15) is 9.59 Å². The molecule has 0 fully saturated rings. The molecule has 6 nitrogen and oxygen atoms in total. The van der Waals surface area contributed by atoms with Crippen LogP contribution in [0.1, 0.15) is 44.9 Å². The Morgan fingerprint density at radius 1 is 0.889 bits per heavy atom. The molecule has 0 radical (unpaired) electrons. The number of aromatic nitrogens is 2. The molecule has 3 aromatic rings. The number of nitrogens with one attached hydrogen (secondary N) is 2. The van der Waals surface area contributed by atoms with Gasteiger partial charge >= 0.3 is 0 Å². The number of carbonyl (C=O) groups excluding carboxylic acids is 2. The van der Waals surface area contributed by atoms with E-state index in [1.54, 1.807) is 12.1 Å². The third kappa shape index (κ3) is 4.55. The molecule has 2 amide bonds. The zero-order chi connectivity index (χ0) is 19.2. The first-order valence-corrected chi connectivity index (χ1v) is 8.59. The highest BCUT2D eigenvalue weighted by Gasteiger charge is 2.19. The summed E-state index contributed by atoms with van der Waals surface area (Å²) in [5, 5.41) is 5.55. The van der Waals surface area contributed by atoms with Crippen LogP contribution in [0.15, 0.2) is 67.0 Å². The predicted molar refractivity (Wildman–Crippen MR) is 103 cm³/mol. The number of amides is 2. The Kier molecular flexibility index (Phi) is 5.56. The van der Waals surface area contributed by atoms with Crippen molar-refractivity contribution < 1.29 is 9.59 Å². The summed E-state index contributed by atoms with van der Waals surface area (Å²) < 4.78 is 0. The van der Waals surface area contributed by atoms with Gasteiger partial charge in [0, 0.05) is 18.0 Å². The monoisotopic (exact) mass is 360 g/mol. The van der Waals surface area contributed by atoms with Crippen LogP contribution in [0.4, 0.5) is 5.82 Å². The van der Waals surface area contributed by atoms with Crippen molar-refractivity contribution in [3.63, 3.8) is 0 Å². The number of rotatable bonds is 5. The Morgan fingerprint density at radius 3 is 2.26 bits per heavy atom. The lowest BCUT2D eigenvalue weighted by Gasteiger charge is -2.15. The van der Waals surface area contributed by atoms with Crippen LogP contribution in [-0.4, -0.2) is 21.8 Å². The minimum Gasteiger partial charge on any atom is -0.344 e. The molecule has 0 aliphatic carbocycles. The summed E-state index contributed by atoms with van der Waals surface area (Å²) in [7, 11) is 0. The van der Waals surface area contributed by atoms with E-state index >= 15 is 0 Å². The van der Waals surface area contributed by atoms with Gasteiger partial charge in [-0.15, -0.1) is 0 Å². The Morgan fingerprint density at radius 2 is 1.56 bits per heavy atom. The summed E-state index contributed by atoms with van der Waals surface area (Å²) in [6.07, 6.45) is 2.85. The van der Waals surface area contributed by atoms with E-state index in [1.165, 1.54) is 12.4 Å². The van der Waals surface area contributed by atoms with Gasteiger partial charge in [0.25, 0.3) is 11.8 Å². The first-order valence-electron chi connectivity index (χ1n) is 8.59. The lowest BCUT2D eigenvalue weighted by Crippen LogP contribution is -2.29. The van der Waals surface area contributed by atoms with Crippen LogP contribution >= 0.6 is 0 Å². The van der Waals surface area contributed by atoms with E-state index in [1.807, 2.05) is 56.3 Å². The number of benzene rings is 2. The van der Waals surface area contributed by atoms with Gasteiger partial charge in [-0.2, -0.15) is 0 Å². The van der Waals surface area contributed by atoms with Gasteiger partial charge in [0.05, 0.1) is 6.04 Å². The van der Waals surface area contributed by atoms with Crippen molar-refractivity contribution in [2.24, 2.45) is 0 Å². The Hall–Kier alpha value is -3.54. The average Bonchev–Trinajstić information content (AvgIpc) is 2.69. The second-order valence-corrected chi connectivity index (χ2v) is 6.18. The summed E-state index contributed by atoms with van der Waals surface area (Å²) in [4.78, 5) is 33.3. The van der Waals surface area contributed by atoms with Gasteiger partial charge in [-0.05, 0) is 31.5 Å². The maximum absolute atomic E-state index is 12.6. The van der Waals surface area contributed by atoms with Gasteiger partial charge in [-0.1, -0.05) is 48.0 Å². The van der Waals surface area contributed by atoms with Gasteiger partial charge < -0.3 is 10.6 Å². The Balaban J connectivity index is 1.76. The minimum absolute atomic E-state index is 0.0701. The number of aryl methyl sites for hydroxylation is 1. The molecule has 0 unspecified atom stereocenters. The molecule has 0 spiro atoms. The zero-order valence-corrected chi connectivity index (χ0v) is 15.1. The van der Waals surface area contributed by atoms with Gasteiger partial charge in [0.15, 0.2) is 11.5 Å². The van der Waals surface area contributed by atoms with Gasteiger partial charge in [-0.3, -0.25) is 9.59 Å².